The number of hydrogen-bond donors (Lipinski definition) is 0. The molecule has 2 aromatic carbocycles. The van der Waals surface area contributed by atoms with Crippen molar-refractivity contribution >= 4 is 5.76 Å². The topological polar surface area (TPSA) is 18.5 Å². The molecule has 0 heterocycles. The van der Waals surface area contributed by atoms with Crippen molar-refractivity contribution < 1.29 is 9.47 Å². The van der Waals surface area contributed by atoms with E-state index in [1.807, 2.05) is 30.3 Å². The molecule has 0 saturated carbocycles. The van der Waals surface area contributed by atoms with Crippen LogP contribution in [0.1, 0.15) is 36.5 Å². The summed E-state index contributed by atoms with van der Waals surface area (Å²) in [4.78, 5) is 0. The van der Waals surface area contributed by atoms with E-state index in [0.717, 1.165) is 11.3 Å². The molecule has 21 heavy (non-hydrogen) atoms. The van der Waals surface area contributed by atoms with Gasteiger partial charge < -0.3 is 9.47 Å². The lowest BCUT2D eigenvalue weighted by atomic mass is 10.0. The summed E-state index contributed by atoms with van der Waals surface area (Å²) in [5.41, 5.74) is 3.38. The highest BCUT2D eigenvalue weighted by Gasteiger charge is 2.08. The first-order valence-corrected chi connectivity index (χ1v) is 7.18. The van der Waals surface area contributed by atoms with Crippen LogP contribution in [0.2, 0.25) is 0 Å². The summed E-state index contributed by atoms with van der Waals surface area (Å²) in [5.74, 6) is 2.01. The lowest BCUT2D eigenvalue weighted by Crippen LogP contribution is -1.96. The summed E-state index contributed by atoms with van der Waals surface area (Å²) >= 11 is 0. The molecule has 0 fully saturated rings. The first-order chi connectivity index (χ1) is 10.1. The standard InChI is InChI=1S/C19H22O2/c1-14(2)17-11-10-15(3)12-18(17)21-13-19(20-4)16-8-6-5-7-9-16/h5-14H,1-4H3. The zero-order valence-electron chi connectivity index (χ0n) is 13.1. The van der Waals surface area contributed by atoms with E-state index in [9.17, 15) is 0 Å². The average Bonchev–Trinajstić information content (AvgIpc) is 2.48. The molecular formula is C19H22O2. The number of hydrogen-bond acceptors (Lipinski definition) is 2. The number of rotatable bonds is 5. The average molecular weight is 282 g/mol. The summed E-state index contributed by atoms with van der Waals surface area (Å²) in [6.45, 7) is 6.39. The van der Waals surface area contributed by atoms with Gasteiger partial charge in [0.25, 0.3) is 0 Å². The number of ether oxygens (including phenoxy) is 2. The van der Waals surface area contributed by atoms with E-state index in [1.165, 1.54) is 11.1 Å². The predicted octanol–water partition coefficient (Wildman–Crippen LogP) is 5.14. The second-order valence-electron chi connectivity index (χ2n) is 5.37. The molecule has 0 saturated heterocycles. The fraction of sp³-hybridized carbons (Fsp3) is 0.263. The van der Waals surface area contributed by atoms with Crippen molar-refractivity contribution in [3.63, 3.8) is 0 Å². The quantitative estimate of drug-likeness (QED) is 0.707. The maximum Gasteiger partial charge on any atom is 0.161 e. The highest BCUT2D eigenvalue weighted by atomic mass is 16.5. The minimum atomic E-state index is 0.414. The van der Waals surface area contributed by atoms with E-state index in [4.69, 9.17) is 9.47 Å². The molecule has 0 aliphatic carbocycles. The molecule has 0 radical (unpaired) electrons. The van der Waals surface area contributed by atoms with Crippen LogP contribution in [0, 0.1) is 6.92 Å². The fourth-order valence-electron chi connectivity index (χ4n) is 2.17. The molecule has 110 valence electrons. The van der Waals surface area contributed by atoms with Crippen LogP contribution in [0.3, 0.4) is 0 Å². The summed E-state index contributed by atoms with van der Waals surface area (Å²) < 4.78 is 11.3. The number of methoxy groups -OCH3 is 1. The van der Waals surface area contributed by atoms with Crippen molar-refractivity contribution in [1.82, 2.24) is 0 Å². The summed E-state index contributed by atoms with van der Waals surface area (Å²) in [7, 11) is 1.65. The van der Waals surface area contributed by atoms with Crippen LogP contribution in [0.5, 0.6) is 5.75 Å². The van der Waals surface area contributed by atoms with Crippen molar-refractivity contribution in [1.29, 1.82) is 0 Å². The second-order valence-corrected chi connectivity index (χ2v) is 5.37. The Morgan fingerprint density at radius 2 is 1.76 bits per heavy atom. The van der Waals surface area contributed by atoms with Crippen LogP contribution < -0.4 is 4.74 Å². The Bertz CT molecular complexity index is 613. The third kappa shape index (κ3) is 3.88. The van der Waals surface area contributed by atoms with Gasteiger partial charge in [0.2, 0.25) is 0 Å². The molecule has 0 aliphatic heterocycles. The molecule has 2 aromatic rings. The fourth-order valence-corrected chi connectivity index (χ4v) is 2.17. The summed E-state index contributed by atoms with van der Waals surface area (Å²) in [6, 6.07) is 16.2. The Morgan fingerprint density at radius 3 is 2.38 bits per heavy atom. The van der Waals surface area contributed by atoms with Crippen LogP contribution in [-0.4, -0.2) is 7.11 Å². The Hall–Kier alpha value is -2.22. The Kier molecular flexibility index (Phi) is 5.04. The molecule has 0 amide bonds. The molecule has 0 unspecified atom stereocenters. The molecule has 2 nitrogen and oxygen atoms in total. The SMILES string of the molecule is COC(=COc1cc(C)ccc1C(C)C)c1ccccc1. The Balaban J connectivity index is 2.29. The summed E-state index contributed by atoms with van der Waals surface area (Å²) in [6.07, 6.45) is 1.68. The van der Waals surface area contributed by atoms with Gasteiger partial charge in [0.15, 0.2) is 5.76 Å². The normalized spacial score (nSPS) is 11.6. The molecule has 0 atom stereocenters. The van der Waals surface area contributed by atoms with Gasteiger partial charge in [0, 0.05) is 5.56 Å². The zero-order chi connectivity index (χ0) is 15.2. The Labute approximate surface area is 127 Å². The van der Waals surface area contributed by atoms with Gasteiger partial charge in [-0.2, -0.15) is 0 Å². The largest absolute Gasteiger partial charge is 0.493 e. The smallest absolute Gasteiger partial charge is 0.161 e. The highest BCUT2D eigenvalue weighted by Crippen LogP contribution is 2.28. The molecule has 0 bridgehead atoms. The van der Waals surface area contributed by atoms with E-state index in [2.05, 4.69) is 39.0 Å². The lowest BCUT2D eigenvalue weighted by molar-refractivity contribution is 0.351. The molecule has 0 aromatic heterocycles. The van der Waals surface area contributed by atoms with E-state index >= 15 is 0 Å². The second kappa shape index (κ2) is 6.98. The van der Waals surface area contributed by atoms with E-state index in [-0.39, 0.29) is 0 Å². The third-order valence-corrected chi connectivity index (χ3v) is 3.36. The monoisotopic (exact) mass is 282 g/mol. The number of benzene rings is 2. The molecular weight excluding hydrogens is 260 g/mol. The highest BCUT2D eigenvalue weighted by molar-refractivity contribution is 5.59. The van der Waals surface area contributed by atoms with Gasteiger partial charge in [-0.05, 0) is 30.0 Å². The van der Waals surface area contributed by atoms with Crippen LogP contribution in [0.15, 0.2) is 54.8 Å². The van der Waals surface area contributed by atoms with Crippen molar-refractivity contribution in [3.05, 3.63) is 71.5 Å². The molecule has 2 heteroatoms. The minimum Gasteiger partial charge on any atom is -0.493 e. The van der Waals surface area contributed by atoms with Gasteiger partial charge in [-0.15, -0.1) is 0 Å². The summed E-state index contributed by atoms with van der Waals surface area (Å²) in [5, 5.41) is 0. The van der Waals surface area contributed by atoms with E-state index < -0.39 is 0 Å². The maximum absolute atomic E-state index is 5.90. The molecule has 0 spiro atoms. The van der Waals surface area contributed by atoms with Gasteiger partial charge in [-0.25, -0.2) is 0 Å². The van der Waals surface area contributed by atoms with Crippen LogP contribution in [0.25, 0.3) is 5.76 Å². The van der Waals surface area contributed by atoms with Crippen molar-refractivity contribution in [2.24, 2.45) is 0 Å². The van der Waals surface area contributed by atoms with Crippen molar-refractivity contribution in [2.45, 2.75) is 26.7 Å². The molecule has 2 rings (SSSR count). The molecule has 0 N–H and O–H groups in total. The van der Waals surface area contributed by atoms with E-state index in [0.29, 0.717) is 11.7 Å². The van der Waals surface area contributed by atoms with Crippen LogP contribution in [-0.2, 0) is 4.74 Å². The van der Waals surface area contributed by atoms with E-state index in [1.54, 1.807) is 13.4 Å². The third-order valence-electron chi connectivity index (χ3n) is 3.36. The van der Waals surface area contributed by atoms with Gasteiger partial charge >= 0.3 is 0 Å². The zero-order valence-corrected chi connectivity index (χ0v) is 13.1. The predicted molar refractivity (Wildman–Crippen MR) is 87.3 cm³/mol. The molecule has 0 aliphatic rings. The van der Waals surface area contributed by atoms with Crippen LogP contribution in [0.4, 0.5) is 0 Å². The van der Waals surface area contributed by atoms with Crippen molar-refractivity contribution in [3.8, 4) is 5.75 Å². The van der Waals surface area contributed by atoms with Gasteiger partial charge in [-0.3, -0.25) is 0 Å². The van der Waals surface area contributed by atoms with Gasteiger partial charge in [-0.1, -0.05) is 56.3 Å². The van der Waals surface area contributed by atoms with Crippen molar-refractivity contribution in [2.75, 3.05) is 7.11 Å². The number of aryl methyl sites for hydroxylation is 1. The lowest BCUT2D eigenvalue weighted by Gasteiger charge is -2.13. The first-order valence-electron chi connectivity index (χ1n) is 7.18. The Morgan fingerprint density at radius 1 is 1.05 bits per heavy atom. The van der Waals surface area contributed by atoms with Gasteiger partial charge in [0.1, 0.15) is 12.0 Å². The van der Waals surface area contributed by atoms with Crippen LogP contribution >= 0.6 is 0 Å². The maximum atomic E-state index is 5.90. The minimum absolute atomic E-state index is 0.414. The van der Waals surface area contributed by atoms with Gasteiger partial charge in [0.05, 0.1) is 7.11 Å². The first kappa shape index (κ1) is 15.2.